The Labute approximate surface area is 167 Å². The number of nitrogens with zero attached hydrogens (tertiary/aromatic N) is 2. The van der Waals surface area contributed by atoms with Gasteiger partial charge in [-0.05, 0) is 39.0 Å². The molecule has 1 aromatic heterocycles. The van der Waals surface area contributed by atoms with Gasteiger partial charge in [-0.1, -0.05) is 0 Å². The summed E-state index contributed by atoms with van der Waals surface area (Å²) in [6.45, 7) is 7.43. The highest BCUT2D eigenvalue weighted by atomic mass is 32.1. The van der Waals surface area contributed by atoms with Crippen LogP contribution in [-0.2, 0) is 9.59 Å². The number of amides is 2. The molecule has 0 radical (unpaired) electrons. The fraction of sp³-hybridized carbons (Fsp3) is 0.450. The van der Waals surface area contributed by atoms with E-state index in [1.54, 1.807) is 4.90 Å². The number of benzene rings is 1. The molecule has 0 aliphatic carbocycles. The highest BCUT2D eigenvalue weighted by Crippen LogP contribution is 2.37. The highest BCUT2D eigenvalue weighted by molar-refractivity contribution is 7.16. The molecule has 0 spiro atoms. The first kappa shape index (κ1) is 18.7. The molecular weight excluding hydrogens is 378 g/mol. The van der Waals surface area contributed by atoms with Gasteiger partial charge in [0, 0.05) is 29.4 Å². The van der Waals surface area contributed by atoms with Crippen LogP contribution in [0.2, 0.25) is 0 Å². The molecule has 0 saturated carbocycles. The summed E-state index contributed by atoms with van der Waals surface area (Å²) >= 11 is 1.43. The molecule has 1 N–H and O–H groups in total. The third kappa shape index (κ3) is 3.56. The van der Waals surface area contributed by atoms with Crippen LogP contribution in [0.3, 0.4) is 0 Å². The third-order valence-electron chi connectivity index (χ3n) is 4.99. The van der Waals surface area contributed by atoms with E-state index in [1.165, 1.54) is 11.3 Å². The van der Waals surface area contributed by atoms with Crippen molar-refractivity contribution in [1.29, 1.82) is 0 Å². The summed E-state index contributed by atoms with van der Waals surface area (Å²) < 4.78 is 11.2. The van der Waals surface area contributed by atoms with Crippen LogP contribution in [0.1, 0.15) is 25.1 Å². The molecule has 1 aromatic carbocycles. The van der Waals surface area contributed by atoms with Gasteiger partial charge in [-0.15, -0.1) is 11.3 Å². The predicted octanol–water partition coefficient (Wildman–Crippen LogP) is 3.09. The van der Waals surface area contributed by atoms with Crippen LogP contribution < -0.4 is 14.8 Å². The van der Waals surface area contributed by atoms with E-state index in [4.69, 9.17) is 9.47 Å². The minimum Gasteiger partial charge on any atom is -0.486 e. The number of hydrogen-bond donors (Lipinski definition) is 1. The number of rotatable bonds is 4. The number of nitrogens with one attached hydrogen (secondary N) is 1. The quantitative estimate of drug-likeness (QED) is 0.852. The molecule has 1 atom stereocenters. The molecule has 7 nitrogen and oxygen atoms in total. The second-order valence-corrected chi connectivity index (χ2v) is 8.52. The van der Waals surface area contributed by atoms with Crippen molar-refractivity contribution >= 4 is 28.3 Å². The van der Waals surface area contributed by atoms with Crippen LogP contribution >= 0.6 is 11.3 Å². The number of anilines is 1. The maximum absolute atomic E-state index is 12.6. The molecule has 2 amide bonds. The van der Waals surface area contributed by atoms with Gasteiger partial charge < -0.3 is 19.7 Å². The Morgan fingerprint density at radius 1 is 1.29 bits per heavy atom. The van der Waals surface area contributed by atoms with Gasteiger partial charge in [-0.2, -0.15) is 0 Å². The molecule has 1 saturated heterocycles. The van der Waals surface area contributed by atoms with Crippen molar-refractivity contribution in [2.24, 2.45) is 5.92 Å². The molecule has 0 bridgehead atoms. The highest BCUT2D eigenvalue weighted by Gasteiger charge is 2.35. The number of thiazole rings is 1. The monoisotopic (exact) mass is 401 g/mol. The van der Waals surface area contributed by atoms with E-state index in [2.05, 4.69) is 10.3 Å². The SMILES string of the molecule is Cc1sc(NC(=O)C2CC(=O)N(C(C)C)C2)nc1-c1ccc2c(c1)OCCO2. The maximum atomic E-state index is 12.6. The van der Waals surface area contributed by atoms with Gasteiger partial charge >= 0.3 is 0 Å². The van der Waals surface area contributed by atoms with Crippen LogP contribution in [0.5, 0.6) is 11.5 Å². The molecule has 8 heteroatoms. The summed E-state index contributed by atoms with van der Waals surface area (Å²) in [5, 5.41) is 3.44. The van der Waals surface area contributed by atoms with Crippen LogP contribution in [0.15, 0.2) is 18.2 Å². The van der Waals surface area contributed by atoms with Gasteiger partial charge in [-0.3, -0.25) is 9.59 Å². The average Bonchev–Trinajstić information content (AvgIpc) is 3.24. The molecule has 1 fully saturated rings. The summed E-state index contributed by atoms with van der Waals surface area (Å²) in [6.07, 6.45) is 0.253. The van der Waals surface area contributed by atoms with Gasteiger partial charge in [0.2, 0.25) is 11.8 Å². The molecule has 148 valence electrons. The van der Waals surface area contributed by atoms with Crippen molar-refractivity contribution in [3.63, 3.8) is 0 Å². The lowest BCUT2D eigenvalue weighted by Crippen LogP contribution is -2.33. The Morgan fingerprint density at radius 3 is 2.75 bits per heavy atom. The number of fused-ring (bicyclic) bond motifs is 1. The Kier molecular flexibility index (Phi) is 4.97. The largest absolute Gasteiger partial charge is 0.486 e. The lowest BCUT2D eigenvalue weighted by molar-refractivity contribution is -0.129. The van der Waals surface area contributed by atoms with Crippen molar-refractivity contribution in [2.75, 3.05) is 25.1 Å². The van der Waals surface area contributed by atoms with Gasteiger partial charge in [0.25, 0.3) is 0 Å². The van der Waals surface area contributed by atoms with E-state index in [9.17, 15) is 9.59 Å². The van der Waals surface area contributed by atoms with Crippen LogP contribution in [0, 0.1) is 12.8 Å². The lowest BCUT2D eigenvalue weighted by atomic mass is 10.1. The van der Waals surface area contributed by atoms with Crippen molar-refractivity contribution in [1.82, 2.24) is 9.88 Å². The number of carbonyl (C=O) groups is 2. The standard InChI is InChI=1S/C20H23N3O4S/c1-11(2)23-10-14(9-17(23)24)19(25)22-20-21-18(12(3)28-20)13-4-5-15-16(8-13)27-7-6-26-15/h4-5,8,11,14H,6-7,9-10H2,1-3H3,(H,21,22,25). The second kappa shape index (κ2) is 7.43. The summed E-state index contributed by atoms with van der Waals surface area (Å²) in [4.78, 5) is 32.0. The number of aromatic nitrogens is 1. The first-order chi connectivity index (χ1) is 13.4. The number of hydrogen-bond acceptors (Lipinski definition) is 6. The van der Waals surface area contributed by atoms with Crippen molar-refractivity contribution in [2.45, 2.75) is 33.2 Å². The third-order valence-corrected chi connectivity index (χ3v) is 5.88. The Hall–Kier alpha value is -2.61. The summed E-state index contributed by atoms with van der Waals surface area (Å²) in [5.41, 5.74) is 1.73. The van der Waals surface area contributed by atoms with E-state index in [1.807, 2.05) is 39.0 Å². The summed E-state index contributed by atoms with van der Waals surface area (Å²) in [7, 11) is 0. The van der Waals surface area contributed by atoms with E-state index < -0.39 is 0 Å². The van der Waals surface area contributed by atoms with E-state index >= 15 is 0 Å². The Bertz CT molecular complexity index is 924. The fourth-order valence-corrected chi connectivity index (χ4v) is 4.36. The van der Waals surface area contributed by atoms with Gasteiger partial charge in [-0.25, -0.2) is 4.98 Å². The van der Waals surface area contributed by atoms with Crippen molar-refractivity contribution in [3.05, 3.63) is 23.1 Å². The summed E-state index contributed by atoms with van der Waals surface area (Å²) in [6, 6.07) is 5.84. The Morgan fingerprint density at radius 2 is 2.04 bits per heavy atom. The van der Waals surface area contributed by atoms with Crippen LogP contribution in [0.4, 0.5) is 5.13 Å². The fourth-order valence-electron chi connectivity index (χ4n) is 3.52. The predicted molar refractivity (Wildman–Crippen MR) is 107 cm³/mol. The molecule has 2 aliphatic rings. The Balaban J connectivity index is 1.49. The smallest absolute Gasteiger partial charge is 0.231 e. The molecule has 28 heavy (non-hydrogen) atoms. The molecule has 1 unspecified atom stereocenters. The van der Waals surface area contributed by atoms with Gasteiger partial charge in [0.1, 0.15) is 13.2 Å². The number of likely N-dealkylation sites (tertiary alicyclic amines) is 1. The first-order valence-corrected chi connectivity index (χ1v) is 10.2. The minimum atomic E-state index is -0.336. The van der Waals surface area contributed by atoms with E-state index in [0.717, 1.165) is 21.9 Å². The average molecular weight is 401 g/mol. The maximum Gasteiger partial charge on any atom is 0.231 e. The van der Waals surface area contributed by atoms with E-state index in [0.29, 0.717) is 30.6 Å². The molecular formula is C20H23N3O4S. The molecule has 2 aromatic rings. The minimum absolute atomic E-state index is 0.0300. The number of carbonyl (C=O) groups excluding carboxylic acids is 2. The van der Waals surface area contributed by atoms with Gasteiger partial charge in [0.05, 0.1) is 11.6 Å². The van der Waals surface area contributed by atoms with E-state index in [-0.39, 0.29) is 30.2 Å². The number of ether oxygens (including phenoxy) is 2. The first-order valence-electron chi connectivity index (χ1n) is 9.40. The lowest BCUT2D eigenvalue weighted by Gasteiger charge is -2.20. The molecule has 2 aliphatic heterocycles. The zero-order valence-corrected chi connectivity index (χ0v) is 17.0. The van der Waals surface area contributed by atoms with Crippen LogP contribution in [-0.4, -0.2) is 47.5 Å². The zero-order valence-electron chi connectivity index (χ0n) is 16.2. The second-order valence-electron chi connectivity index (χ2n) is 7.31. The van der Waals surface area contributed by atoms with Crippen molar-refractivity contribution in [3.8, 4) is 22.8 Å². The van der Waals surface area contributed by atoms with Crippen molar-refractivity contribution < 1.29 is 19.1 Å². The number of aryl methyl sites for hydroxylation is 1. The zero-order chi connectivity index (χ0) is 19.8. The van der Waals surface area contributed by atoms with Gasteiger partial charge in [0.15, 0.2) is 16.6 Å². The summed E-state index contributed by atoms with van der Waals surface area (Å²) in [5.74, 6) is 0.982. The molecule has 3 heterocycles. The topological polar surface area (TPSA) is 80.8 Å². The normalized spacial score (nSPS) is 18.6. The molecule has 4 rings (SSSR count). The van der Waals surface area contributed by atoms with Crippen LogP contribution in [0.25, 0.3) is 11.3 Å².